The molecule has 1 aromatic heterocycles. The predicted molar refractivity (Wildman–Crippen MR) is 76.7 cm³/mol. The summed E-state index contributed by atoms with van der Waals surface area (Å²) in [6, 6.07) is 13.9. The van der Waals surface area contributed by atoms with E-state index in [2.05, 4.69) is 0 Å². The highest BCUT2D eigenvalue weighted by atomic mass is 16.4. The Hall–Kier alpha value is -2.84. The third kappa shape index (κ3) is 2.22. The van der Waals surface area contributed by atoms with Gasteiger partial charge in [-0.05, 0) is 35.4 Å². The Balaban J connectivity index is 2.07. The summed E-state index contributed by atoms with van der Waals surface area (Å²) < 4.78 is 6.52. The van der Waals surface area contributed by atoms with E-state index >= 15 is 0 Å². The largest absolute Gasteiger partial charge is 0.419 e. The lowest BCUT2D eigenvalue weighted by atomic mass is 10.00. The average molecular weight is 280 g/mol. The Morgan fingerprint density at radius 1 is 1.24 bits per heavy atom. The van der Waals surface area contributed by atoms with E-state index in [1.807, 2.05) is 6.07 Å². The molecule has 3 aromatic rings. The van der Waals surface area contributed by atoms with Crippen molar-refractivity contribution in [2.75, 3.05) is 0 Å². The van der Waals surface area contributed by atoms with Crippen molar-refractivity contribution in [3.63, 3.8) is 0 Å². The second-order valence-corrected chi connectivity index (χ2v) is 4.79. The van der Waals surface area contributed by atoms with E-state index in [0.29, 0.717) is 27.8 Å². The van der Waals surface area contributed by atoms with E-state index in [0.717, 1.165) is 0 Å². The fraction of sp³-hybridized carbons (Fsp3) is 0.125. The van der Waals surface area contributed by atoms with Crippen LogP contribution in [0.4, 0.5) is 0 Å². The lowest BCUT2D eigenvalue weighted by molar-refractivity contribution is 0.220. The molecule has 104 valence electrons. The summed E-state index contributed by atoms with van der Waals surface area (Å²) in [5, 5.41) is 19.3. The van der Waals surface area contributed by atoms with Crippen molar-refractivity contribution in [2.24, 2.45) is 7.05 Å². The molecule has 2 aromatic carbocycles. The van der Waals surface area contributed by atoms with Gasteiger partial charge in [0.1, 0.15) is 6.10 Å². The lowest BCUT2D eigenvalue weighted by Gasteiger charge is -2.11. The number of rotatable bonds is 2. The first-order valence-electron chi connectivity index (χ1n) is 6.38. The molecule has 5 nitrogen and oxygen atoms in total. The van der Waals surface area contributed by atoms with Crippen LogP contribution in [0.3, 0.4) is 0 Å². The Kier molecular flexibility index (Phi) is 3.09. The SMILES string of the molecule is Cn1c(=O)oc2cc(C(O)c3cccc(C#N)c3)ccc21. The molecule has 0 saturated carbocycles. The maximum Gasteiger partial charge on any atom is 0.419 e. The van der Waals surface area contributed by atoms with Crippen LogP contribution >= 0.6 is 0 Å². The third-order valence-electron chi connectivity index (χ3n) is 3.46. The summed E-state index contributed by atoms with van der Waals surface area (Å²) in [5.74, 6) is -0.442. The molecule has 1 atom stereocenters. The predicted octanol–water partition coefficient (Wildman–Crippen LogP) is 2.08. The van der Waals surface area contributed by atoms with Gasteiger partial charge in [-0.25, -0.2) is 4.79 Å². The van der Waals surface area contributed by atoms with Gasteiger partial charge in [-0.3, -0.25) is 4.57 Å². The average Bonchev–Trinajstić information content (AvgIpc) is 2.81. The zero-order chi connectivity index (χ0) is 15.0. The summed E-state index contributed by atoms with van der Waals surface area (Å²) in [6.07, 6.45) is -0.881. The number of fused-ring (bicyclic) bond motifs is 1. The fourth-order valence-electron chi connectivity index (χ4n) is 2.29. The van der Waals surface area contributed by atoms with E-state index in [9.17, 15) is 9.90 Å². The molecule has 0 fully saturated rings. The quantitative estimate of drug-likeness (QED) is 0.779. The Morgan fingerprint density at radius 2 is 2.00 bits per heavy atom. The number of hydrogen-bond acceptors (Lipinski definition) is 4. The topological polar surface area (TPSA) is 79.2 Å². The molecule has 1 N–H and O–H groups in total. The molecule has 5 heteroatoms. The van der Waals surface area contributed by atoms with Gasteiger partial charge in [0.15, 0.2) is 5.58 Å². The molecule has 1 unspecified atom stereocenters. The first kappa shape index (κ1) is 13.2. The van der Waals surface area contributed by atoms with Crippen LogP contribution in [0.15, 0.2) is 51.7 Å². The zero-order valence-electron chi connectivity index (χ0n) is 11.3. The van der Waals surface area contributed by atoms with Crippen LogP contribution in [0.1, 0.15) is 22.8 Å². The van der Waals surface area contributed by atoms with Crippen LogP contribution in [0.2, 0.25) is 0 Å². The Labute approximate surface area is 120 Å². The molecule has 0 radical (unpaired) electrons. The van der Waals surface area contributed by atoms with Crippen LogP contribution in [-0.2, 0) is 7.05 Å². The highest BCUT2D eigenvalue weighted by Gasteiger charge is 2.14. The number of hydrogen-bond donors (Lipinski definition) is 1. The first-order valence-corrected chi connectivity index (χ1v) is 6.38. The van der Waals surface area contributed by atoms with E-state index in [-0.39, 0.29) is 0 Å². The Morgan fingerprint density at radius 3 is 2.76 bits per heavy atom. The minimum atomic E-state index is -0.881. The number of aryl methyl sites for hydroxylation is 1. The van der Waals surface area contributed by atoms with Crippen LogP contribution in [0.25, 0.3) is 11.1 Å². The lowest BCUT2D eigenvalue weighted by Crippen LogP contribution is -2.08. The maximum atomic E-state index is 11.5. The van der Waals surface area contributed by atoms with Crippen molar-refractivity contribution >= 4 is 11.1 Å². The summed E-state index contributed by atoms with van der Waals surface area (Å²) in [4.78, 5) is 11.5. The van der Waals surface area contributed by atoms with Crippen molar-refractivity contribution in [2.45, 2.75) is 6.10 Å². The monoisotopic (exact) mass is 280 g/mol. The van der Waals surface area contributed by atoms with Crippen molar-refractivity contribution in [3.05, 3.63) is 69.7 Å². The van der Waals surface area contributed by atoms with Gasteiger partial charge in [-0.15, -0.1) is 0 Å². The molecular weight excluding hydrogens is 268 g/mol. The van der Waals surface area contributed by atoms with Gasteiger partial charge in [0.2, 0.25) is 0 Å². The minimum absolute atomic E-state index is 0.426. The van der Waals surface area contributed by atoms with Crippen molar-refractivity contribution < 1.29 is 9.52 Å². The second kappa shape index (κ2) is 4.93. The van der Waals surface area contributed by atoms with Crippen LogP contribution in [0.5, 0.6) is 0 Å². The van der Waals surface area contributed by atoms with E-state index in [4.69, 9.17) is 9.68 Å². The molecule has 0 amide bonds. The van der Waals surface area contributed by atoms with Crippen molar-refractivity contribution in [1.29, 1.82) is 5.26 Å². The van der Waals surface area contributed by atoms with E-state index in [1.54, 1.807) is 49.5 Å². The smallest absolute Gasteiger partial charge is 0.408 e. The highest BCUT2D eigenvalue weighted by molar-refractivity contribution is 5.74. The van der Waals surface area contributed by atoms with Gasteiger partial charge in [-0.2, -0.15) is 5.26 Å². The van der Waals surface area contributed by atoms with Gasteiger partial charge >= 0.3 is 5.76 Å². The molecule has 0 aliphatic carbocycles. The van der Waals surface area contributed by atoms with Crippen molar-refractivity contribution in [1.82, 2.24) is 4.57 Å². The van der Waals surface area contributed by atoms with Crippen LogP contribution in [-0.4, -0.2) is 9.67 Å². The molecule has 0 aliphatic rings. The number of nitrogens with zero attached hydrogens (tertiary/aromatic N) is 2. The van der Waals surface area contributed by atoms with Gasteiger partial charge in [0.25, 0.3) is 0 Å². The van der Waals surface area contributed by atoms with Gasteiger partial charge in [0.05, 0.1) is 17.1 Å². The summed E-state index contributed by atoms with van der Waals surface area (Å²) in [5.41, 5.74) is 2.80. The first-order chi connectivity index (χ1) is 10.1. The van der Waals surface area contributed by atoms with Crippen molar-refractivity contribution in [3.8, 4) is 6.07 Å². The molecule has 0 aliphatic heterocycles. The van der Waals surface area contributed by atoms with E-state index in [1.165, 1.54) is 4.57 Å². The molecule has 0 saturated heterocycles. The number of benzene rings is 2. The molecule has 21 heavy (non-hydrogen) atoms. The number of aromatic nitrogens is 1. The third-order valence-corrected chi connectivity index (χ3v) is 3.46. The normalized spacial score (nSPS) is 12.2. The summed E-state index contributed by atoms with van der Waals surface area (Å²) in [6.45, 7) is 0. The minimum Gasteiger partial charge on any atom is -0.408 e. The summed E-state index contributed by atoms with van der Waals surface area (Å²) >= 11 is 0. The number of oxazole rings is 1. The standard InChI is InChI=1S/C16H12N2O3/c1-18-13-6-5-12(8-14(13)21-16(18)20)15(19)11-4-2-3-10(7-11)9-17/h2-8,15,19H,1H3. The molecular formula is C16H12N2O3. The number of aliphatic hydroxyl groups excluding tert-OH is 1. The second-order valence-electron chi connectivity index (χ2n) is 4.79. The molecule has 1 heterocycles. The molecule has 0 spiro atoms. The molecule has 3 rings (SSSR count). The van der Waals surface area contributed by atoms with Crippen LogP contribution < -0.4 is 5.76 Å². The number of aliphatic hydroxyl groups is 1. The van der Waals surface area contributed by atoms with Gasteiger partial charge in [-0.1, -0.05) is 18.2 Å². The van der Waals surface area contributed by atoms with E-state index < -0.39 is 11.9 Å². The van der Waals surface area contributed by atoms with Gasteiger partial charge in [0, 0.05) is 7.05 Å². The highest BCUT2D eigenvalue weighted by Crippen LogP contribution is 2.25. The number of nitriles is 1. The van der Waals surface area contributed by atoms with Gasteiger partial charge < -0.3 is 9.52 Å². The fourth-order valence-corrected chi connectivity index (χ4v) is 2.29. The zero-order valence-corrected chi connectivity index (χ0v) is 11.3. The summed E-state index contributed by atoms with van der Waals surface area (Å²) in [7, 11) is 1.63. The molecule has 0 bridgehead atoms. The Bertz CT molecular complexity index is 915. The van der Waals surface area contributed by atoms with Crippen LogP contribution in [0, 0.1) is 11.3 Å². The maximum absolute atomic E-state index is 11.5.